The van der Waals surface area contributed by atoms with Crippen molar-refractivity contribution in [1.82, 2.24) is 15.3 Å². The number of anilines is 2. The molecule has 0 saturated heterocycles. The molecular formula is C28H37N5O2. The van der Waals surface area contributed by atoms with Crippen LogP contribution in [0.2, 0.25) is 0 Å². The summed E-state index contributed by atoms with van der Waals surface area (Å²) in [5, 5.41) is 8.43. The molecule has 1 unspecified atom stereocenters. The van der Waals surface area contributed by atoms with E-state index in [1.165, 1.54) is 18.4 Å². The first-order valence-electron chi connectivity index (χ1n) is 12.8. The standard InChI is InChI=1S/C28H37N5O2/c1-19(14-21-10-13-25-26(15-21)35-18-34-25)16-29-17-20-8-11-22(12-9-20)30-28-31-24-7-5-4-6-23(24)27(32-28)33(2)3/h4-7,10,13,15,19-20,22,29H,8-9,11-12,14,16-18H2,1-3H3,(H,30,31,32). The van der Waals surface area contributed by atoms with Crippen LogP contribution in [-0.2, 0) is 6.42 Å². The first-order valence-corrected chi connectivity index (χ1v) is 12.8. The lowest BCUT2D eigenvalue weighted by Crippen LogP contribution is -2.33. The second-order valence-electron chi connectivity index (χ2n) is 10.3. The van der Waals surface area contributed by atoms with Crippen LogP contribution in [0.15, 0.2) is 42.5 Å². The Morgan fingerprint density at radius 1 is 1.00 bits per heavy atom. The molecule has 2 aliphatic rings. The van der Waals surface area contributed by atoms with Crippen molar-refractivity contribution in [2.45, 2.75) is 45.1 Å². The highest BCUT2D eigenvalue weighted by molar-refractivity contribution is 5.90. The molecule has 3 aromatic rings. The van der Waals surface area contributed by atoms with Crippen molar-refractivity contribution in [2.24, 2.45) is 11.8 Å². The smallest absolute Gasteiger partial charge is 0.231 e. The minimum absolute atomic E-state index is 0.333. The van der Waals surface area contributed by atoms with E-state index in [0.717, 1.165) is 72.4 Å². The Bertz CT molecular complexity index is 1140. The third-order valence-electron chi connectivity index (χ3n) is 7.13. The number of aromatic nitrogens is 2. The molecule has 186 valence electrons. The lowest BCUT2D eigenvalue weighted by molar-refractivity contribution is 0.174. The number of nitrogens with one attached hydrogen (secondary N) is 2. The van der Waals surface area contributed by atoms with Crippen molar-refractivity contribution >= 4 is 22.7 Å². The van der Waals surface area contributed by atoms with Crippen LogP contribution in [-0.4, -0.2) is 50.0 Å². The molecule has 1 fully saturated rings. The van der Waals surface area contributed by atoms with Crippen molar-refractivity contribution in [3.8, 4) is 11.5 Å². The van der Waals surface area contributed by atoms with Crippen molar-refractivity contribution in [2.75, 3.05) is 44.2 Å². The predicted octanol–water partition coefficient (Wildman–Crippen LogP) is 4.86. The average Bonchev–Trinajstić information content (AvgIpc) is 3.32. The minimum atomic E-state index is 0.333. The van der Waals surface area contributed by atoms with Crippen LogP contribution >= 0.6 is 0 Å². The van der Waals surface area contributed by atoms with E-state index in [1.54, 1.807) is 0 Å². The van der Waals surface area contributed by atoms with Gasteiger partial charge in [0.1, 0.15) is 5.82 Å². The summed E-state index contributed by atoms with van der Waals surface area (Å²) in [5.41, 5.74) is 2.30. The second kappa shape index (κ2) is 10.7. The highest BCUT2D eigenvalue weighted by Gasteiger charge is 2.22. The Hall–Kier alpha value is -3.06. The summed E-state index contributed by atoms with van der Waals surface area (Å²) in [6, 6.07) is 15.0. The average molecular weight is 476 g/mol. The molecule has 35 heavy (non-hydrogen) atoms. The Morgan fingerprint density at radius 2 is 1.80 bits per heavy atom. The summed E-state index contributed by atoms with van der Waals surface area (Å²) in [7, 11) is 4.07. The fourth-order valence-corrected chi connectivity index (χ4v) is 5.24. The summed E-state index contributed by atoms with van der Waals surface area (Å²) < 4.78 is 10.9. The molecule has 7 nitrogen and oxygen atoms in total. The topological polar surface area (TPSA) is 71.5 Å². The SMILES string of the molecule is CC(CNCC1CCC(Nc2nc(N(C)C)c3ccccc3n2)CC1)Cc1ccc2c(c1)OCO2. The van der Waals surface area contributed by atoms with Gasteiger partial charge >= 0.3 is 0 Å². The molecule has 2 heterocycles. The molecular weight excluding hydrogens is 438 g/mol. The van der Waals surface area contributed by atoms with Gasteiger partial charge in [0, 0.05) is 25.5 Å². The van der Waals surface area contributed by atoms with Crippen LogP contribution in [0.1, 0.15) is 38.2 Å². The second-order valence-corrected chi connectivity index (χ2v) is 10.3. The number of hydrogen-bond donors (Lipinski definition) is 2. The van der Waals surface area contributed by atoms with Crippen LogP contribution in [0, 0.1) is 11.8 Å². The molecule has 0 bridgehead atoms. The van der Waals surface area contributed by atoms with Gasteiger partial charge in [-0.25, -0.2) is 4.98 Å². The van der Waals surface area contributed by atoms with Gasteiger partial charge in [-0.1, -0.05) is 25.1 Å². The highest BCUT2D eigenvalue weighted by atomic mass is 16.7. The fourth-order valence-electron chi connectivity index (χ4n) is 5.24. The first-order chi connectivity index (χ1) is 17.0. The zero-order chi connectivity index (χ0) is 24.2. The van der Waals surface area contributed by atoms with Crippen LogP contribution in [0.5, 0.6) is 11.5 Å². The Kier molecular flexibility index (Phi) is 7.23. The summed E-state index contributed by atoms with van der Waals surface area (Å²) in [4.78, 5) is 11.7. The molecule has 1 aliphatic heterocycles. The zero-order valence-electron chi connectivity index (χ0n) is 21.1. The monoisotopic (exact) mass is 475 g/mol. The normalized spacial score (nSPS) is 20.1. The maximum absolute atomic E-state index is 5.51. The lowest BCUT2D eigenvalue weighted by Gasteiger charge is -2.30. The first kappa shape index (κ1) is 23.7. The number of para-hydroxylation sites is 1. The number of ether oxygens (including phenoxy) is 2. The molecule has 2 aromatic carbocycles. The van der Waals surface area contributed by atoms with E-state index in [4.69, 9.17) is 19.4 Å². The number of benzene rings is 2. The van der Waals surface area contributed by atoms with Gasteiger partial charge in [-0.05, 0) is 86.9 Å². The van der Waals surface area contributed by atoms with E-state index < -0.39 is 0 Å². The van der Waals surface area contributed by atoms with Crippen LogP contribution in [0.25, 0.3) is 10.9 Å². The molecule has 1 atom stereocenters. The molecule has 5 rings (SSSR count). The van der Waals surface area contributed by atoms with Crippen molar-refractivity contribution in [3.63, 3.8) is 0 Å². The van der Waals surface area contributed by atoms with E-state index >= 15 is 0 Å². The van der Waals surface area contributed by atoms with E-state index in [9.17, 15) is 0 Å². The van der Waals surface area contributed by atoms with Crippen LogP contribution in [0.3, 0.4) is 0 Å². The van der Waals surface area contributed by atoms with Gasteiger partial charge in [-0.2, -0.15) is 4.98 Å². The third-order valence-corrected chi connectivity index (χ3v) is 7.13. The van der Waals surface area contributed by atoms with Gasteiger partial charge in [0.25, 0.3) is 0 Å². The summed E-state index contributed by atoms with van der Waals surface area (Å²) in [5.74, 6) is 4.75. The van der Waals surface area contributed by atoms with Gasteiger partial charge in [-0.3, -0.25) is 0 Å². The van der Waals surface area contributed by atoms with Crippen molar-refractivity contribution in [3.05, 3.63) is 48.0 Å². The third kappa shape index (κ3) is 5.78. The summed E-state index contributed by atoms with van der Waals surface area (Å²) >= 11 is 0. The van der Waals surface area contributed by atoms with Crippen LogP contribution < -0.4 is 25.0 Å². The van der Waals surface area contributed by atoms with Crippen molar-refractivity contribution < 1.29 is 9.47 Å². The molecule has 1 saturated carbocycles. The Morgan fingerprint density at radius 3 is 2.63 bits per heavy atom. The minimum Gasteiger partial charge on any atom is -0.454 e. The molecule has 0 amide bonds. The van der Waals surface area contributed by atoms with Crippen molar-refractivity contribution in [1.29, 1.82) is 0 Å². The highest BCUT2D eigenvalue weighted by Crippen LogP contribution is 2.33. The van der Waals surface area contributed by atoms with Gasteiger partial charge < -0.3 is 25.0 Å². The lowest BCUT2D eigenvalue weighted by atomic mass is 9.86. The number of hydrogen-bond acceptors (Lipinski definition) is 7. The maximum Gasteiger partial charge on any atom is 0.231 e. The maximum atomic E-state index is 5.51. The Balaban J connectivity index is 1.06. The van der Waals surface area contributed by atoms with E-state index in [0.29, 0.717) is 18.8 Å². The number of rotatable bonds is 9. The van der Waals surface area contributed by atoms with E-state index in [1.807, 2.05) is 32.3 Å². The molecule has 2 N–H and O–H groups in total. The summed E-state index contributed by atoms with van der Waals surface area (Å²) in [6.45, 7) is 4.77. The molecule has 0 spiro atoms. The molecule has 1 aromatic heterocycles. The van der Waals surface area contributed by atoms with Gasteiger partial charge in [0.15, 0.2) is 11.5 Å². The van der Waals surface area contributed by atoms with Gasteiger partial charge in [0.05, 0.1) is 5.52 Å². The number of nitrogens with zero attached hydrogens (tertiary/aromatic N) is 3. The molecule has 0 radical (unpaired) electrons. The fraction of sp³-hybridized carbons (Fsp3) is 0.500. The quantitative estimate of drug-likeness (QED) is 0.458. The van der Waals surface area contributed by atoms with Crippen LogP contribution in [0.4, 0.5) is 11.8 Å². The summed E-state index contributed by atoms with van der Waals surface area (Å²) in [6.07, 6.45) is 5.82. The Labute approximate surface area is 208 Å². The van der Waals surface area contributed by atoms with E-state index in [2.05, 4.69) is 46.7 Å². The molecule has 7 heteroatoms. The van der Waals surface area contributed by atoms with Gasteiger partial charge in [-0.15, -0.1) is 0 Å². The zero-order valence-corrected chi connectivity index (χ0v) is 21.1. The van der Waals surface area contributed by atoms with Gasteiger partial charge in [0.2, 0.25) is 12.7 Å². The molecule has 1 aliphatic carbocycles. The predicted molar refractivity (Wildman–Crippen MR) is 142 cm³/mol. The largest absolute Gasteiger partial charge is 0.454 e. The van der Waals surface area contributed by atoms with E-state index in [-0.39, 0.29) is 0 Å². The number of fused-ring (bicyclic) bond motifs is 2.